The second-order valence-corrected chi connectivity index (χ2v) is 13.6. The summed E-state index contributed by atoms with van der Waals surface area (Å²) in [6.07, 6.45) is 1.15. The number of cyclic esters (lactones) is 1. The number of hydrogen-bond donors (Lipinski definition) is 0. The van der Waals surface area contributed by atoms with Gasteiger partial charge >= 0.3 is 6.09 Å². The molecule has 0 saturated carbocycles. The maximum atomic E-state index is 13.9. The van der Waals surface area contributed by atoms with Gasteiger partial charge in [0, 0.05) is 4.92 Å². The minimum Gasteiger partial charge on any atom is -0.540 e. The molecule has 0 spiro atoms. The number of nitrogens with zero attached hydrogens (tertiary/aromatic N) is 2. The smallest absolute Gasteiger partial charge is 0.417 e. The van der Waals surface area contributed by atoms with Crippen molar-refractivity contribution in [2.45, 2.75) is 57.3 Å². The largest absolute Gasteiger partial charge is 0.540 e. The summed E-state index contributed by atoms with van der Waals surface area (Å²) in [5, 5.41) is 11.4. The van der Waals surface area contributed by atoms with E-state index in [4.69, 9.17) is 9.16 Å². The van der Waals surface area contributed by atoms with Crippen LogP contribution >= 0.6 is 0 Å². The van der Waals surface area contributed by atoms with E-state index in [9.17, 15) is 19.7 Å². The van der Waals surface area contributed by atoms with Gasteiger partial charge in [0.2, 0.25) is 6.54 Å². The van der Waals surface area contributed by atoms with Gasteiger partial charge < -0.3 is 9.16 Å². The van der Waals surface area contributed by atoms with Crippen LogP contribution in [0, 0.1) is 10.1 Å². The first-order chi connectivity index (χ1) is 17.3. The standard InChI is InChI=1S/C27H34N2O6Si/c1-4-36(5-2,6-3)35-25(18-17-23(19-28(32)33)21-13-9-7-10-14-21)26(30)29-24(20-34-27(29)31)22-15-11-8-12-16-22/h7-16,18,23-24H,4-6,17,19-20H2,1-3H3/b25-18-/t23-,24+/m1/s1. The summed E-state index contributed by atoms with van der Waals surface area (Å²) in [5.41, 5.74) is 1.60. The lowest BCUT2D eigenvalue weighted by Gasteiger charge is -2.31. The third-order valence-corrected chi connectivity index (χ3v) is 11.5. The Balaban J connectivity index is 1.99. The Morgan fingerprint density at radius 1 is 1.11 bits per heavy atom. The van der Waals surface area contributed by atoms with E-state index in [1.165, 1.54) is 0 Å². The second kappa shape index (κ2) is 12.5. The molecular formula is C27H34N2O6Si. The molecule has 2 aromatic rings. The van der Waals surface area contributed by atoms with E-state index in [0.29, 0.717) is 0 Å². The molecule has 1 heterocycles. The molecule has 3 rings (SSSR count). The van der Waals surface area contributed by atoms with E-state index < -0.39 is 32.3 Å². The van der Waals surface area contributed by atoms with Crippen molar-refractivity contribution in [1.82, 2.24) is 4.90 Å². The highest BCUT2D eigenvalue weighted by atomic mass is 28.4. The molecule has 2 aromatic carbocycles. The quantitative estimate of drug-likeness (QED) is 0.113. The van der Waals surface area contributed by atoms with Gasteiger partial charge in [0.15, 0.2) is 5.76 Å². The third kappa shape index (κ3) is 6.40. The molecule has 8 nitrogen and oxygen atoms in total. The second-order valence-electron chi connectivity index (χ2n) is 8.95. The van der Waals surface area contributed by atoms with E-state index in [2.05, 4.69) is 20.8 Å². The van der Waals surface area contributed by atoms with Crippen LogP contribution in [0.2, 0.25) is 18.1 Å². The van der Waals surface area contributed by atoms with Crippen LogP contribution in [0.15, 0.2) is 72.5 Å². The van der Waals surface area contributed by atoms with Gasteiger partial charge in [-0.05, 0) is 41.8 Å². The number of nitro groups is 1. The summed E-state index contributed by atoms with van der Waals surface area (Å²) in [4.78, 5) is 38.7. The summed E-state index contributed by atoms with van der Waals surface area (Å²) in [6.45, 7) is 5.94. The Bertz CT molecular complexity index is 1060. The lowest BCUT2D eigenvalue weighted by Crippen LogP contribution is -2.41. The highest BCUT2D eigenvalue weighted by Gasteiger charge is 2.42. The molecule has 0 aromatic heterocycles. The summed E-state index contributed by atoms with van der Waals surface area (Å²) in [7, 11) is -2.30. The maximum absolute atomic E-state index is 13.9. The normalized spacial score (nSPS) is 17.0. The zero-order valence-corrected chi connectivity index (χ0v) is 22.1. The first-order valence-corrected chi connectivity index (χ1v) is 15.0. The van der Waals surface area contributed by atoms with E-state index in [-0.39, 0.29) is 30.3 Å². The van der Waals surface area contributed by atoms with E-state index >= 15 is 0 Å². The van der Waals surface area contributed by atoms with Crippen LogP contribution in [0.1, 0.15) is 50.3 Å². The fraction of sp³-hybridized carbons (Fsp3) is 0.407. The Labute approximate surface area is 213 Å². The molecule has 9 heteroatoms. The van der Waals surface area contributed by atoms with Gasteiger partial charge in [-0.15, -0.1) is 0 Å². The van der Waals surface area contributed by atoms with E-state index in [1.807, 2.05) is 60.7 Å². The van der Waals surface area contributed by atoms with E-state index in [0.717, 1.165) is 34.2 Å². The molecule has 0 aliphatic carbocycles. The number of imide groups is 1. The van der Waals surface area contributed by atoms with Gasteiger partial charge in [0.1, 0.15) is 12.6 Å². The Hall–Kier alpha value is -3.46. The topological polar surface area (TPSA) is 99.0 Å². The average molecular weight is 511 g/mol. The molecule has 1 aliphatic heterocycles. The van der Waals surface area contributed by atoms with E-state index in [1.54, 1.807) is 6.08 Å². The number of allylic oxidation sites excluding steroid dienone is 1. The van der Waals surface area contributed by atoms with Crippen LogP contribution in [0.25, 0.3) is 0 Å². The molecule has 0 unspecified atom stereocenters. The summed E-state index contributed by atoms with van der Waals surface area (Å²) >= 11 is 0. The van der Waals surface area contributed by atoms with Crippen molar-refractivity contribution in [1.29, 1.82) is 0 Å². The van der Waals surface area contributed by atoms with Gasteiger partial charge in [-0.1, -0.05) is 81.4 Å². The number of rotatable bonds is 12. The lowest BCUT2D eigenvalue weighted by molar-refractivity contribution is -0.483. The Morgan fingerprint density at radius 2 is 1.69 bits per heavy atom. The third-order valence-electron chi connectivity index (χ3n) is 6.97. The first kappa shape index (κ1) is 27.1. The number of carbonyl (C=O) groups excluding carboxylic acids is 2. The lowest BCUT2D eigenvalue weighted by atomic mass is 9.95. The van der Waals surface area contributed by atoms with Crippen LogP contribution in [0.5, 0.6) is 0 Å². The van der Waals surface area contributed by atoms with Crippen LogP contribution in [-0.2, 0) is 14.0 Å². The van der Waals surface area contributed by atoms with Crippen molar-refractivity contribution in [3.63, 3.8) is 0 Å². The monoisotopic (exact) mass is 510 g/mol. The molecule has 0 radical (unpaired) electrons. The highest BCUT2D eigenvalue weighted by Crippen LogP contribution is 2.33. The molecule has 2 amide bonds. The van der Waals surface area contributed by atoms with Crippen LogP contribution < -0.4 is 0 Å². The van der Waals surface area contributed by atoms with Gasteiger partial charge in [-0.3, -0.25) is 14.9 Å². The van der Waals surface area contributed by atoms with Gasteiger partial charge in [-0.25, -0.2) is 9.69 Å². The molecule has 0 N–H and O–H groups in total. The van der Waals surface area contributed by atoms with Crippen LogP contribution in [0.3, 0.4) is 0 Å². The number of amides is 2. The fourth-order valence-electron chi connectivity index (χ4n) is 4.53. The predicted octanol–water partition coefficient (Wildman–Crippen LogP) is 6.06. The Morgan fingerprint density at radius 3 is 2.25 bits per heavy atom. The van der Waals surface area contributed by atoms with Gasteiger partial charge in [-0.2, -0.15) is 0 Å². The molecule has 2 atom stereocenters. The molecular weight excluding hydrogens is 476 g/mol. The van der Waals surface area contributed by atoms with Crippen LogP contribution in [-0.4, -0.2) is 43.3 Å². The highest BCUT2D eigenvalue weighted by molar-refractivity contribution is 6.74. The van der Waals surface area contributed by atoms with Crippen molar-refractivity contribution >= 4 is 20.3 Å². The molecule has 36 heavy (non-hydrogen) atoms. The minimum atomic E-state index is -2.30. The number of benzene rings is 2. The molecule has 1 fully saturated rings. The summed E-state index contributed by atoms with van der Waals surface area (Å²) in [6, 6.07) is 20.3. The predicted molar refractivity (Wildman–Crippen MR) is 139 cm³/mol. The van der Waals surface area contributed by atoms with Gasteiger partial charge in [0.05, 0.1) is 5.92 Å². The zero-order valence-electron chi connectivity index (χ0n) is 21.1. The zero-order chi connectivity index (χ0) is 26.1. The molecule has 0 bridgehead atoms. The average Bonchev–Trinajstić information content (AvgIpc) is 3.30. The van der Waals surface area contributed by atoms with Crippen molar-refractivity contribution in [2.24, 2.45) is 0 Å². The molecule has 192 valence electrons. The first-order valence-electron chi connectivity index (χ1n) is 12.4. The SMILES string of the molecule is CC[Si](CC)(CC)O/C(=C\C[C@H](C[N+](=O)[O-])c1ccccc1)C(=O)N1C(=O)OC[C@H]1c1ccccc1. The number of hydrogen-bond acceptors (Lipinski definition) is 6. The maximum Gasteiger partial charge on any atom is 0.417 e. The van der Waals surface area contributed by atoms with Crippen molar-refractivity contribution in [2.75, 3.05) is 13.2 Å². The van der Waals surface area contributed by atoms with Gasteiger partial charge in [0.25, 0.3) is 14.2 Å². The molecule has 1 aliphatic rings. The summed E-state index contributed by atoms with van der Waals surface area (Å²) < 4.78 is 11.8. The van der Waals surface area contributed by atoms with Crippen LogP contribution in [0.4, 0.5) is 4.79 Å². The fourth-order valence-corrected chi connectivity index (χ4v) is 7.10. The van der Waals surface area contributed by atoms with Crippen molar-refractivity contribution < 1.29 is 23.7 Å². The number of carbonyl (C=O) groups is 2. The summed E-state index contributed by atoms with van der Waals surface area (Å²) in [5.74, 6) is -0.924. The number of ether oxygens (including phenoxy) is 1. The molecule has 1 saturated heterocycles. The van der Waals surface area contributed by atoms with Crippen molar-refractivity contribution in [3.8, 4) is 0 Å². The Kier molecular flexibility index (Phi) is 9.41. The van der Waals surface area contributed by atoms with Crippen molar-refractivity contribution in [3.05, 3.63) is 93.7 Å². The minimum absolute atomic E-state index is 0.0632.